The van der Waals surface area contributed by atoms with Crippen molar-refractivity contribution in [3.8, 4) is 6.07 Å². The van der Waals surface area contributed by atoms with Gasteiger partial charge in [-0.2, -0.15) is 5.26 Å². The number of piperidine rings is 1. The molecule has 182 valence electrons. The molecule has 4 rings (SSSR count). The number of likely N-dealkylation sites (tertiary alicyclic amines) is 1. The Balaban J connectivity index is 0.00000324. The Labute approximate surface area is 209 Å². The van der Waals surface area contributed by atoms with Crippen molar-refractivity contribution < 1.29 is 4.79 Å². The Kier molecular flexibility index (Phi) is 9.62. The van der Waals surface area contributed by atoms with E-state index in [4.69, 9.17) is 16.9 Å². The van der Waals surface area contributed by atoms with Gasteiger partial charge < -0.3 is 15.1 Å². The summed E-state index contributed by atoms with van der Waals surface area (Å²) in [6.45, 7) is 6.65. The quantitative estimate of drug-likeness (QED) is 0.612. The van der Waals surface area contributed by atoms with Crippen LogP contribution in [0.4, 0.5) is 11.4 Å². The van der Waals surface area contributed by atoms with Gasteiger partial charge in [0.1, 0.15) is 0 Å². The van der Waals surface area contributed by atoms with Crippen molar-refractivity contribution in [1.29, 1.82) is 5.26 Å². The number of anilines is 2. The summed E-state index contributed by atoms with van der Waals surface area (Å²) in [5.74, 6) is 0.278. The highest BCUT2D eigenvalue weighted by Gasteiger charge is 2.23. The SMILES string of the molecule is C.N#Cc1cccc(NC2CCN(C(=O)CCCN3CCN(c4ccc(Cl)cc4)CC3)CC2)c1. The second-order valence-electron chi connectivity index (χ2n) is 8.90. The maximum atomic E-state index is 12.7. The Morgan fingerprint density at radius 3 is 2.41 bits per heavy atom. The average Bonchev–Trinajstić information content (AvgIpc) is 2.85. The van der Waals surface area contributed by atoms with Crippen LogP contribution in [0.2, 0.25) is 5.02 Å². The van der Waals surface area contributed by atoms with Crippen molar-refractivity contribution in [2.24, 2.45) is 0 Å². The lowest BCUT2D eigenvalue weighted by Gasteiger charge is -2.36. The van der Waals surface area contributed by atoms with Crippen LogP contribution in [-0.2, 0) is 4.79 Å². The number of nitrogens with zero attached hydrogens (tertiary/aromatic N) is 4. The first-order chi connectivity index (χ1) is 16.1. The normalized spacial score (nSPS) is 17.1. The number of carbonyl (C=O) groups excluding carboxylic acids is 1. The number of hydrogen-bond acceptors (Lipinski definition) is 5. The number of rotatable bonds is 7. The molecule has 1 amide bonds. The van der Waals surface area contributed by atoms with E-state index in [1.807, 2.05) is 41.3 Å². The third-order valence-electron chi connectivity index (χ3n) is 6.64. The fraction of sp³-hybridized carbons (Fsp3) is 0.481. The summed E-state index contributed by atoms with van der Waals surface area (Å²) in [4.78, 5) is 19.6. The molecule has 0 atom stereocenters. The summed E-state index contributed by atoms with van der Waals surface area (Å²) >= 11 is 5.99. The lowest BCUT2D eigenvalue weighted by molar-refractivity contribution is -0.132. The maximum absolute atomic E-state index is 12.7. The van der Waals surface area contributed by atoms with E-state index in [1.165, 1.54) is 5.69 Å². The third kappa shape index (κ3) is 7.12. The highest BCUT2D eigenvalue weighted by molar-refractivity contribution is 6.30. The molecule has 2 aliphatic heterocycles. The summed E-state index contributed by atoms with van der Waals surface area (Å²) in [5, 5.41) is 13.3. The van der Waals surface area contributed by atoms with Gasteiger partial charge in [0.05, 0.1) is 11.6 Å². The van der Waals surface area contributed by atoms with Crippen molar-refractivity contribution in [3.63, 3.8) is 0 Å². The molecule has 0 aliphatic carbocycles. The number of halogens is 1. The number of nitriles is 1. The van der Waals surface area contributed by atoms with Gasteiger partial charge in [0, 0.05) is 68.1 Å². The molecule has 2 aromatic carbocycles. The molecule has 34 heavy (non-hydrogen) atoms. The van der Waals surface area contributed by atoms with Crippen molar-refractivity contribution in [1.82, 2.24) is 9.80 Å². The maximum Gasteiger partial charge on any atom is 0.222 e. The number of piperazine rings is 1. The van der Waals surface area contributed by atoms with E-state index in [-0.39, 0.29) is 13.3 Å². The summed E-state index contributed by atoms with van der Waals surface area (Å²) in [5.41, 5.74) is 2.87. The summed E-state index contributed by atoms with van der Waals surface area (Å²) < 4.78 is 0. The van der Waals surface area contributed by atoms with Crippen LogP contribution in [-0.4, -0.2) is 67.6 Å². The highest BCUT2D eigenvalue weighted by Crippen LogP contribution is 2.20. The molecule has 0 spiro atoms. The average molecular weight is 482 g/mol. The van der Waals surface area contributed by atoms with Gasteiger partial charge in [-0.15, -0.1) is 0 Å². The molecule has 2 fully saturated rings. The topological polar surface area (TPSA) is 62.6 Å². The number of benzene rings is 2. The first-order valence-electron chi connectivity index (χ1n) is 11.9. The number of nitrogens with one attached hydrogen (secondary N) is 1. The molecule has 2 aromatic rings. The largest absolute Gasteiger partial charge is 0.382 e. The van der Waals surface area contributed by atoms with Gasteiger partial charge in [0.2, 0.25) is 5.91 Å². The first kappa shape index (κ1) is 25.9. The predicted octanol–water partition coefficient (Wildman–Crippen LogP) is 4.85. The zero-order valence-electron chi connectivity index (χ0n) is 19.0. The lowest BCUT2D eigenvalue weighted by Crippen LogP contribution is -2.47. The molecular weight excluding hydrogens is 446 g/mol. The summed E-state index contributed by atoms with van der Waals surface area (Å²) in [6.07, 6.45) is 3.42. The molecule has 0 bridgehead atoms. The van der Waals surface area contributed by atoms with Crippen LogP contribution in [0.25, 0.3) is 0 Å². The summed E-state index contributed by atoms with van der Waals surface area (Å²) in [6, 6.07) is 18.2. The molecule has 2 heterocycles. The molecule has 0 unspecified atom stereocenters. The van der Waals surface area contributed by atoms with E-state index in [9.17, 15) is 4.79 Å². The molecule has 0 radical (unpaired) electrons. The van der Waals surface area contributed by atoms with E-state index < -0.39 is 0 Å². The second kappa shape index (κ2) is 12.6. The molecule has 2 saturated heterocycles. The van der Waals surface area contributed by atoms with Gasteiger partial charge in [0.15, 0.2) is 0 Å². The van der Waals surface area contributed by atoms with E-state index in [0.717, 1.165) is 75.8 Å². The zero-order valence-corrected chi connectivity index (χ0v) is 19.8. The number of amides is 1. The molecule has 0 aromatic heterocycles. The zero-order chi connectivity index (χ0) is 23.0. The molecular formula is C27H36ClN5O. The fourth-order valence-electron chi connectivity index (χ4n) is 4.68. The minimum Gasteiger partial charge on any atom is -0.382 e. The molecule has 2 aliphatic rings. The standard InChI is InChI=1S/C26H32ClN5O.CH4/c27-22-6-8-25(9-7-22)31-17-15-30(16-18-31)12-2-5-26(33)32-13-10-23(11-14-32)29-24-4-1-3-21(19-24)20-28;/h1,3-4,6-9,19,23,29H,2,5,10-18H2;1H4. The van der Waals surface area contributed by atoms with Gasteiger partial charge in [-0.3, -0.25) is 9.69 Å². The van der Waals surface area contributed by atoms with Crippen LogP contribution in [0, 0.1) is 11.3 Å². The van der Waals surface area contributed by atoms with Gasteiger partial charge in [-0.1, -0.05) is 25.1 Å². The Hall–Kier alpha value is -2.75. The van der Waals surface area contributed by atoms with Crippen LogP contribution >= 0.6 is 11.6 Å². The van der Waals surface area contributed by atoms with Crippen molar-refractivity contribution >= 4 is 28.9 Å². The lowest BCUT2D eigenvalue weighted by atomic mass is 10.0. The highest BCUT2D eigenvalue weighted by atomic mass is 35.5. The Morgan fingerprint density at radius 1 is 1.03 bits per heavy atom. The van der Waals surface area contributed by atoms with Crippen LogP contribution in [0.5, 0.6) is 0 Å². The van der Waals surface area contributed by atoms with E-state index >= 15 is 0 Å². The molecule has 0 saturated carbocycles. The molecule has 1 N–H and O–H groups in total. The fourth-order valence-corrected chi connectivity index (χ4v) is 4.81. The van der Waals surface area contributed by atoms with E-state index in [2.05, 4.69) is 33.3 Å². The third-order valence-corrected chi connectivity index (χ3v) is 6.89. The van der Waals surface area contributed by atoms with Gasteiger partial charge in [-0.25, -0.2) is 0 Å². The van der Waals surface area contributed by atoms with Crippen molar-refractivity contribution in [2.75, 3.05) is 56.0 Å². The second-order valence-corrected chi connectivity index (χ2v) is 9.34. The molecule has 6 nitrogen and oxygen atoms in total. The monoisotopic (exact) mass is 481 g/mol. The van der Waals surface area contributed by atoms with Gasteiger partial charge in [0.25, 0.3) is 0 Å². The predicted molar refractivity (Wildman–Crippen MR) is 140 cm³/mol. The Bertz CT molecular complexity index is 958. The summed E-state index contributed by atoms with van der Waals surface area (Å²) in [7, 11) is 0. The van der Waals surface area contributed by atoms with Gasteiger partial charge in [-0.05, 0) is 68.3 Å². The molecule has 7 heteroatoms. The first-order valence-corrected chi connectivity index (χ1v) is 12.3. The van der Waals surface area contributed by atoms with E-state index in [1.54, 1.807) is 0 Å². The Morgan fingerprint density at radius 2 is 1.74 bits per heavy atom. The van der Waals surface area contributed by atoms with Crippen LogP contribution in [0.15, 0.2) is 48.5 Å². The van der Waals surface area contributed by atoms with Crippen LogP contribution in [0.3, 0.4) is 0 Å². The van der Waals surface area contributed by atoms with Crippen molar-refractivity contribution in [2.45, 2.75) is 39.2 Å². The van der Waals surface area contributed by atoms with Crippen LogP contribution in [0.1, 0.15) is 38.7 Å². The smallest absolute Gasteiger partial charge is 0.222 e. The number of hydrogen-bond donors (Lipinski definition) is 1. The van der Waals surface area contributed by atoms with Crippen molar-refractivity contribution in [3.05, 3.63) is 59.1 Å². The minimum atomic E-state index is 0. The minimum absolute atomic E-state index is 0. The number of carbonyl (C=O) groups is 1. The van der Waals surface area contributed by atoms with Crippen LogP contribution < -0.4 is 10.2 Å². The van der Waals surface area contributed by atoms with Gasteiger partial charge >= 0.3 is 0 Å². The van der Waals surface area contributed by atoms with E-state index in [0.29, 0.717) is 18.0 Å².